The van der Waals surface area contributed by atoms with Gasteiger partial charge in [-0.1, -0.05) is 12.8 Å². The maximum atomic E-state index is 11.6. The van der Waals surface area contributed by atoms with Crippen molar-refractivity contribution < 1.29 is 14.5 Å². The molecule has 0 spiro atoms. The number of aromatic nitrogens is 1. The third-order valence-corrected chi connectivity index (χ3v) is 5.14. The summed E-state index contributed by atoms with van der Waals surface area (Å²) in [6, 6.07) is 1.91. The van der Waals surface area contributed by atoms with Crippen molar-refractivity contribution in [1.29, 1.82) is 0 Å². The fourth-order valence-corrected chi connectivity index (χ4v) is 3.84. The molecule has 25 heavy (non-hydrogen) atoms. The predicted octanol–water partition coefficient (Wildman–Crippen LogP) is 2.23. The quantitative estimate of drug-likeness (QED) is 0.468. The molecule has 0 atom stereocenters. The minimum absolute atomic E-state index is 0.0976. The topological polar surface area (TPSA) is 88.8 Å². The Bertz CT molecular complexity index is 646. The molecule has 1 aromatic heterocycles. The number of pyridine rings is 1. The molecule has 0 bridgehead atoms. The second kappa shape index (κ2) is 7.77. The van der Waals surface area contributed by atoms with Crippen LogP contribution in [0.3, 0.4) is 0 Å². The van der Waals surface area contributed by atoms with Crippen molar-refractivity contribution >= 4 is 17.5 Å². The highest BCUT2D eigenvalue weighted by molar-refractivity contribution is 5.90. The Hall–Kier alpha value is -2.22. The Morgan fingerprint density at radius 2 is 2.00 bits per heavy atom. The van der Waals surface area contributed by atoms with E-state index < -0.39 is 10.9 Å². The molecule has 2 aliphatic rings. The SMILES string of the molecule is COC(=O)c1cnc(N2CCCN(C3CCCC3)CC2)c([N+](=O)[O-])c1. The van der Waals surface area contributed by atoms with Crippen LogP contribution in [0.1, 0.15) is 42.5 Å². The number of nitro groups is 1. The molecule has 0 radical (unpaired) electrons. The fourth-order valence-electron chi connectivity index (χ4n) is 3.84. The van der Waals surface area contributed by atoms with Gasteiger partial charge in [0, 0.05) is 44.5 Å². The minimum atomic E-state index is -0.620. The van der Waals surface area contributed by atoms with E-state index >= 15 is 0 Å². The molecule has 0 aromatic carbocycles. The standard InChI is InChI=1S/C17H24N4O4/c1-25-17(22)13-11-15(21(23)24)16(18-12-13)20-8-4-7-19(9-10-20)14-5-2-3-6-14/h11-12,14H,2-10H2,1H3. The predicted molar refractivity (Wildman–Crippen MR) is 92.9 cm³/mol. The second-order valence-electron chi connectivity index (χ2n) is 6.63. The Balaban J connectivity index is 1.78. The van der Waals surface area contributed by atoms with E-state index in [1.165, 1.54) is 45.1 Å². The third kappa shape index (κ3) is 3.89. The zero-order chi connectivity index (χ0) is 17.8. The molecule has 1 saturated carbocycles. The lowest BCUT2D eigenvalue weighted by Crippen LogP contribution is -2.37. The summed E-state index contributed by atoms with van der Waals surface area (Å²) in [4.78, 5) is 31.3. The van der Waals surface area contributed by atoms with Gasteiger partial charge in [-0.25, -0.2) is 9.78 Å². The summed E-state index contributed by atoms with van der Waals surface area (Å²) in [5.41, 5.74) is -0.0439. The van der Waals surface area contributed by atoms with Crippen LogP contribution in [0.5, 0.6) is 0 Å². The number of carbonyl (C=O) groups excluding carboxylic acids is 1. The average Bonchev–Trinajstić information content (AvgIpc) is 3.05. The Morgan fingerprint density at radius 1 is 1.24 bits per heavy atom. The first-order valence-electron chi connectivity index (χ1n) is 8.82. The zero-order valence-electron chi connectivity index (χ0n) is 14.5. The van der Waals surface area contributed by atoms with Crippen molar-refractivity contribution in [3.05, 3.63) is 27.9 Å². The van der Waals surface area contributed by atoms with Crippen molar-refractivity contribution in [3.63, 3.8) is 0 Å². The number of ether oxygens (including phenoxy) is 1. The van der Waals surface area contributed by atoms with Crippen LogP contribution in [0, 0.1) is 10.1 Å². The molecular formula is C17H24N4O4. The monoisotopic (exact) mass is 348 g/mol. The van der Waals surface area contributed by atoms with Crippen LogP contribution >= 0.6 is 0 Å². The summed E-state index contributed by atoms with van der Waals surface area (Å²) in [5, 5.41) is 11.5. The number of carbonyl (C=O) groups is 1. The molecule has 1 aliphatic heterocycles. The van der Waals surface area contributed by atoms with Crippen LogP contribution in [0.15, 0.2) is 12.3 Å². The van der Waals surface area contributed by atoms with E-state index in [-0.39, 0.29) is 11.3 Å². The molecular weight excluding hydrogens is 324 g/mol. The van der Waals surface area contributed by atoms with Crippen molar-refractivity contribution in [2.24, 2.45) is 0 Å². The van der Waals surface area contributed by atoms with Gasteiger partial charge in [-0.2, -0.15) is 0 Å². The van der Waals surface area contributed by atoms with E-state index in [9.17, 15) is 14.9 Å². The molecule has 0 amide bonds. The largest absolute Gasteiger partial charge is 0.465 e. The first-order chi connectivity index (χ1) is 12.1. The van der Waals surface area contributed by atoms with Gasteiger partial charge in [0.05, 0.1) is 17.6 Å². The highest BCUT2D eigenvalue weighted by Gasteiger charge is 2.28. The lowest BCUT2D eigenvalue weighted by atomic mass is 10.2. The van der Waals surface area contributed by atoms with Crippen LogP contribution in [0.25, 0.3) is 0 Å². The number of rotatable bonds is 4. The zero-order valence-corrected chi connectivity index (χ0v) is 14.5. The molecule has 0 unspecified atom stereocenters. The molecule has 0 N–H and O–H groups in total. The Kier molecular flexibility index (Phi) is 5.47. The number of hydrogen-bond donors (Lipinski definition) is 0. The van der Waals surface area contributed by atoms with Gasteiger partial charge in [0.1, 0.15) is 0 Å². The van der Waals surface area contributed by atoms with E-state index in [0.29, 0.717) is 18.4 Å². The summed E-state index contributed by atoms with van der Waals surface area (Å²) < 4.78 is 4.63. The first kappa shape index (κ1) is 17.6. The highest BCUT2D eigenvalue weighted by Crippen LogP contribution is 2.29. The Morgan fingerprint density at radius 3 is 2.68 bits per heavy atom. The highest BCUT2D eigenvalue weighted by atomic mass is 16.6. The van der Waals surface area contributed by atoms with Crippen LogP contribution in [0.2, 0.25) is 0 Å². The van der Waals surface area contributed by atoms with Gasteiger partial charge < -0.3 is 9.64 Å². The number of anilines is 1. The van der Waals surface area contributed by atoms with Gasteiger partial charge in [-0.05, 0) is 19.3 Å². The molecule has 1 aromatic rings. The molecule has 3 rings (SSSR count). The van der Waals surface area contributed by atoms with Crippen molar-refractivity contribution in [2.45, 2.75) is 38.1 Å². The molecule has 2 fully saturated rings. The Labute approximate surface area is 146 Å². The van der Waals surface area contributed by atoms with E-state index in [2.05, 4.69) is 14.6 Å². The van der Waals surface area contributed by atoms with E-state index in [0.717, 1.165) is 26.1 Å². The lowest BCUT2D eigenvalue weighted by molar-refractivity contribution is -0.384. The van der Waals surface area contributed by atoms with Gasteiger partial charge in [0.2, 0.25) is 5.82 Å². The molecule has 1 aliphatic carbocycles. The molecule has 1 saturated heterocycles. The van der Waals surface area contributed by atoms with E-state index in [4.69, 9.17) is 0 Å². The molecule has 2 heterocycles. The summed E-state index contributed by atoms with van der Waals surface area (Å²) >= 11 is 0. The van der Waals surface area contributed by atoms with Crippen LogP contribution in [-0.4, -0.2) is 60.1 Å². The number of hydrogen-bond acceptors (Lipinski definition) is 7. The molecule has 136 valence electrons. The average molecular weight is 348 g/mol. The van der Waals surface area contributed by atoms with Gasteiger partial charge in [0.15, 0.2) is 0 Å². The van der Waals surface area contributed by atoms with E-state index in [1.807, 2.05) is 4.90 Å². The number of esters is 1. The van der Waals surface area contributed by atoms with E-state index in [1.54, 1.807) is 0 Å². The van der Waals surface area contributed by atoms with Crippen LogP contribution < -0.4 is 4.90 Å². The van der Waals surface area contributed by atoms with Gasteiger partial charge in [0.25, 0.3) is 0 Å². The maximum absolute atomic E-state index is 11.6. The van der Waals surface area contributed by atoms with Crippen LogP contribution in [-0.2, 0) is 4.74 Å². The normalized spacial score (nSPS) is 19.6. The second-order valence-corrected chi connectivity index (χ2v) is 6.63. The maximum Gasteiger partial charge on any atom is 0.339 e. The van der Waals surface area contributed by atoms with Gasteiger partial charge in [-0.3, -0.25) is 15.0 Å². The smallest absolute Gasteiger partial charge is 0.339 e. The summed E-state index contributed by atoms with van der Waals surface area (Å²) in [6.45, 7) is 3.36. The minimum Gasteiger partial charge on any atom is -0.465 e. The van der Waals surface area contributed by atoms with Crippen molar-refractivity contribution in [2.75, 3.05) is 38.2 Å². The summed E-state index contributed by atoms with van der Waals surface area (Å²) in [6.07, 6.45) is 7.42. The summed E-state index contributed by atoms with van der Waals surface area (Å²) in [7, 11) is 1.24. The lowest BCUT2D eigenvalue weighted by Gasteiger charge is -2.27. The van der Waals surface area contributed by atoms with Gasteiger partial charge in [-0.15, -0.1) is 0 Å². The number of methoxy groups -OCH3 is 1. The molecule has 8 heteroatoms. The number of nitrogens with zero attached hydrogens (tertiary/aromatic N) is 4. The fraction of sp³-hybridized carbons (Fsp3) is 0.647. The van der Waals surface area contributed by atoms with Crippen molar-refractivity contribution in [3.8, 4) is 0 Å². The van der Waals surface area contributed by atoms with Crippen LogP contribution in [0.4, 0.5) is 11.5 Å². The van der Waals surface area contributed by atoms with Crippen molar-refractivity contribution in [1.82, 2.24) is 9.88 Å². The third-order valence-electron chi connectivity index (χ3n) is 5.14. The first-order valence-corrected chi connectivity index (χ1v) is 8.82. The molecule has 8 nitrogen and oxygen atoms in total. The van der Waals surface area contributed by atoms with Gasteiger partial charge >= 0.3 is 11.7 Å². The summed E-state index contributed by atoms with van der Waals surface area (Å²) in [5.74, 6) is -0.281.